The summed E-state index contributed by atoms with van der Waals surface area (Å²) >= 11 is 0. The fraction of sp³-hybridized carbons (Fsp3) is 0.400. The highest BCUT2D eigenvalue weighted by Gasteiger charge is 2.22. The molecule has 5 heteroatoms. The number of H-pyrrole nitrogens is 1. The molecule has 1 fully saturated rings. The first-order valence-corrected chi connectivity index (χ1v) is 8.92. The van der Waals surface area contributed by atoms with E-state index >= 15 is 0 Å². The van der Waals surface area contributed by atoms with Gasteiger partial charge in [-0.15, -0.1) is 0 Å². The van der Waals surface area contributed by atoms with E-state index in [2.05, 4.69) is 51.9 Å². The lowest BCUT2D eigenvalue weighted by molar-refractivity contribution is 0.0930. The van der Waals surface area contributed by atoms with Crippen molar-refractivity contribution < 1.29 is 4.74 Å². The summed E-state index contributed by atoms with van der Waals surface area (Å²) in [6.45, 7) is 7.39. The number of nitrogens with zero attached hydrogens (tertiary/aromatic N) is 3. The standard InChI is InChI=1S/C20H24N4O/c1-14-3-4-17-18(15(2)23-19(17)11-14)13-24-9-5-16(6-10-24)25-20-12-21-7-8-22-20/h3-4,7-8,11-12,16,23H,5-6,9-10,13H2,1-2H3. The molecule has 1 saturated heterocycles. The van der Waals surface area contributed by atoms with Crippen molar-refractivity contribution in [3.05, 3.63) is 53.6 Å². The number of hydrogen-bond acceptors (Lipinski definition) is 4. The molecule has 3 heterocycles. The maximum absolute atomic E-state index is 5.94. The van der Waals surface area contributed by atoms with Gasteiger partial charge in [0.25, 0.3) is 0 Å². The van der Waals surface area contributed by atoms with Crippen molar-refractivity contribution in [2.75, 3.05) is 13.1 Å². The van der Waals surface area contributed by atoms with Crippen LogP contribution in [0.5, 0.6) is 5.88 Å². The van der Waals surface area contributed by atoms with Crippen LogP contribution in [-0.2, 0) is 6.54 Å². The van der Waals surface area contributed by atoms with Crippen LogP contribution in [0.4, 0.5) is 0 Å². The molecule has 4 rings (SSSR count). The highest BCUT2D eigenvalue weighted by molar-refractivity contribution is 5.85. The minimum atomic E-state index is 0.236. The number of aromatic nitrogens is 3. The van der Waals surface area contributed by atoms with Crippen molar-refractivity contribution in [2.24, 2.45) is 0 Å². The lowest BCUT2D eigenvalue weighted by Gasteiger charge is -2.31. The summed E-state index contributed by atoms with van der Waals surface area (Å²) in [5, 5.41) is 1.35. The largest absolute Gasteiger partial charge is 0.473 e. The van der Waals surface area contributed by atoms with Gasteiger partial charge in [-0.25, -0.2) is 4.98 Å². The van der Waals surface area contributed by atoms with Gasteiger partial charge in [0.2, 0.25) is 5.88 Å². The Morgan fingerprint density at radius 2 is 2.04 bits per heavy atom. The topological polar surface area (TPSA) is 54.0 Å². The van der Waals surface area contributed by atoms with Crippen molar-refractivity contribution in [2.45, 2.75) is 39.3 Å². The Morgan fingerprint density at radius 1 is 1.20 bits per heavy atom. The lowest BCUT2D eigenvalue weighted by Crippen LogP contribution is -2.38. The van der Waals surface area contributed by atoms with Crippen molar-refractivity contribution in [1.82, 2.24) is 19.9 Å². The Morgan fingerprint density at radius 3 is 2.80 bits per heavy atom. The van der Waals surface area contributed by atoms with Gasteiger partial charge in [0.1, 0.15) is 6.10 Å². The molecule has 130 valence electrons. The van der Waals surface area contributed by atoms with E-state index in [1.807, 2.05) is 0 Å². The summed E-state index contributed by atoms with van der Waals surface area (Å²) in [6.07, 6.45) is 7.31. The molecule has 1 N–H and O–H groups in total. The number of rotatable bonds is 4. The molecular weight excluding hydrogens is 312 g/mol. The molecule has 5 nitrogen and oxygen atoms in total. The number of piperidine rings is 1. The van der Waals surface area contributed by atoms with Gasteiger partial charge < -0.3 is 9.72 Å². The van der Waals surface area contributed by atoms with Crippen LogP contribution < -0.4 is 4.74 Å². The Kier molecular flexibility index (Phi) is 4.40. The number of aryl methyl sites for hydroxylation is 2. The van der Waals surface area contributed by atoms with Crippen LogP contribution in [0, 0.1) is 13.8 Å². The average molecular weight is 336 g/mol. The van der Waals surface area contributed by atoms with Gasteiger partial charge in [0.15, 0.2) is 0 Å². The van der Waals surface area contributed by atoms with Crippen LogP contribution in [0.25, 0.3) is 10.9 Å². The van der Waals surface area contributed by atoms with Crippen molar-refractivity contribution in [3.63, 3.8) is 0 Å². The van der Waals surface area contributed by atoms with E-state index in [1.165, 1.54) is 27.7 Å². The van der Waals surface area contributed by atoms with Crippen LogP contribution in [0.2, 0.25) is 0 Å². The second-order valence-corrected chi connectivity index (χ2v) is 6.91. The summed E-state index contributed by atoms with van der Waals surface area (Å²) in [7, 11) is 0. The smallest absolute Gasteiger partial charge is 0.232 e. The monoisotopic (exact) mass is 336 g/mol. The second kappa shape index (κ2) is 6.84. The Balaban J connectivity index is 1.40. The van der Waals surface area contributed by atoms with Crippen molar-refractivity contribution >= 4 is 10.9 Å². The summed E-state index contributed by atoms with van der Waals surface area (Å²) in [6, 6.07) is 6.67. The summed E-state index contributed by atoms with van der Waals surface area (Å²) < 4.78 is 5.94. The van der Waals surface area contributed by atoms with E-state index < -0.39 is 0 Å². The van der Waals surface area contributed by atoms with Gasteiger partial charge in [-0.05, 0) is 43.9 Å². The van der Waals surface area contributed by atoms with E-state index in [0.717, 1.165) is 32.5 Å². The fourth-order valence-electron chi connectivity index (χ4n) is 3.63. The lowest BCUT2D eigenvalue weighted by atomic mass is 10.0. The van der Waals surface area contributed by atoms with E-state index in [0.29, 0.717) is 5.88 Å². The number of hydrogen-bond donors (Lipinski definition) is 1. The summed E-state index contributed by atoms with van der Waals surface area (Å²) in [5.74, 6) is 0.629. The molecule has 0 saturated carbocycles. The molecule has 0 spiro atoms. The Labute approximate surface area is 148 Å². The first-order chi connectivity index (χ1) is 12.2. The Bertz CT molecular complexity index is 851. The molecule has 0 bridgehead atoms. The third-order valence-electron chi connectivity index (χ3n) is 5.02. The van der Waals surface area contributed by atoms with Gasteiger partial charge in [-0.3, -0.25) is 9.88 Å². The molecule has 0 aliphatic carbocycles. The molecule has 2 aromatic heterocycles. The summed E-state index contributed by atoms with van der Waals surface area (Å²) in [5.41, 5.74) is 5.23. The molecule has 0 unspecified atom stereocenters. The minimum Gasteiger partial charge on any atom is -0.473 e. The van der Waals surface area contributed by atoms with E-state index in [4.69, 9.17) is 4.74 Å². The van der Waals surface area contributed by atoms with Crippen LogP contribution >= 0.6 is 0 Å². The third-order valence-corrected chi connectivity index (χ3v) is 5.02. The number of nitrogens with one attached hydrogen (secondary N) is 1. The van der Waals surface area contributed by atoms with Gasteiger partial charge in [-0.2, -0.15) is 0 Å². The van der Waals surface area contributed by atoms with Crippen LogP contribution in [0.1, 0.15) is 29.7 Å². The van der Waals surface area contributed by atoms with Crippen molar-refractivity contribution in [3.8, 4) is 5.88 Å². The zero-order valence-corrected chi connectivity index (χ0v) is 14.8. The first kappa shape index (κ1) is 16.1. The SMILES string of the molecule is Cc1ccc2c(CN3CCC(Oc4cnccn4)CC3)c(C)[nH]c2c1. The van der Waals surface area contributed by atoms with Crippen molar-refractivity contribution in [1.29, 1.82) is 0 Å². The average Bonchev–Trinajstić information content (AvgIpc) is 2.92. The molecule has 1 aliphatic rings. The quantitative estimate of drug-likeness (QED) is 0.791. The van der Waals surface area contributed by atoms with Gasteiger partial charge >= 0.3 is 0 Å². The molecule has 1 aromatic carbocycles. The molecule has 0 atom stereocenters. The van der Waals surface area contributed by atoms with Crippen LogP contribution in [-0.4, -0.2) is 39.0 Å². The highest BCUT2D eigenvalue weighted by atomic mass is 16.5. The second-order valence-electron chi connectivity index (χ2n) is 6.91. The predicted molar refractivity (Wildman–Crippen MR) is 98.7 cm³/mol. The third kappa shape index (κ3) is 3.51. The number of benzene rings is 1. The summed E-state index contributed by atoms with van der Waals surface area (Å²) in [4.78, 5) is 14.3. The highest BCUT2D eigenvalue weighted by Crippen LogP contribution is 2.26. The number of aromatic amines is 1. The van der Waals surface area contributed by atoms with Gasteiger partial charge in [-0.1, -0.05) is 12.1 Å². The van der Waals surface area contributed by atoms with E-state index in [1.54, 1.807) is 18.6 Å². The fourth-order valence-corrected chi connectivity index (χ4v) is 3.63. The Hall–Kier alpha value is -2.40. The number of ether oxygens (including phenoxy) is 1. The zero-order valence-electron chi connectivity index (χ0n) is 14.8. The van der Waals surface area contributed by atoms with Gasteiger partial charge in [0.05, 0.1) is 6.20 Å². The minimum absolute atomic E-state index is 0.236. The predicted octanol–water partition coefficient (Wildman–Crippen LogP) is 3.62. The molecule has 0 amide bonds. The van der Waals surface area contributed by atoms with Gasteiger partial charge in [0, 0.05) is 48.6 Å². The normalized spacial score (nSPS) is 16.4. The zero-order chi connectivity index (χ0) is 17.2. The molecule has 0 radical (unpaired) electrons. The van der Waals surface area contributed by atoms with E-state index in [-0.39, 0.29) is 6.10 Å². The maximum Gasteiger partial charge on any atom is 0.232 e. The molecule has 25 heavy (non-hydrogen) atoms. The van der Waals surface area contributed by atoms with E-state index in [9.17, 15) is 0 Å². The molecule has 3 aromatic rings. The first-order valence-electron chi connectivity index (χ1n) is 8.92. The molecular formula is C20H24N4O. The van der Waals surface area contributed by atoms with Crippen LogP contribution in [0.15, 0.2) is 36.8 Å². The maximum atomic E-state index is 5.94. The molecule has 1 aliphatic heterocycles. The number of likely N-dealkylation sites (tertiary alicyclic amines) is 1. The van der Waals surface area contributed by atoms with Crippen LogP contribution in [0.3, 0.4) is 0 Å². The number of fused-ring (bicyclic) bond motifs is 1.